The molecule has 0 spiro atoms. The molecule has 2 aromatic rings. The monoisotopic (exact) mass is 310 g/mol. The molecule has 0 amide bonds. The van der Waals surface area contributed by atoms with Crippen molar-refractivity contribution in [3.63, 3.8) is 0 Å². The third-order valence-electron chi connectivity index (χ3n) is 3.09. The summed E-state index contributed by atoms with van der Waals surface area (Å²) in [6.07, 6.45) is 1.48. The topological polar surface area (TPSA) is 109 Å². The van der Waals surface area contributed by atoms with Crippen LogP contribution in [0.5, 0.6) is 0 Å². The van der Waals surface area contributed by atoms with Gasteiger partial charge in [-0.15, -0.1) is 0 Å². The lowest BCUT2D eigenvalue weighted by atomic mass is 10.1. The number of carboxylic acid groups (broad SMARTS) is 1. The van der Waals surface area contributed by atoms with Crippen molar-refractivity contribution in [2.75, 3.05) is 12.0 Å². The summed E-state index contributed by atoms with van der Waals surface area (Å²) in [5.74, 6) is -1.06. The van der Waals surface area contributed by atoms with E-state index in [9.17, 15) is 23.7 Å². The summed E-state index contributed by atoms with van der Waals surface area (Å²) in [7, 11) is -1.19. The van der Waals surface area contributed by atoms with Gasteiger partial charge in [0.25, 0.3) is 0 Å². The van der Waals surface area contributed by atoms with E-state index in [0.717, 1.165) is 4.57 Å². The van der Waals surface area contributed by atoms with E-state index < -0.39 is 33.9 Å². The number of carboxylic acids is 1. The molecule has 2 N–H and O–H groups in total. The number of nitrogens with one attached hydrogen (secondary N) is 1. The second-order valence-electron chi connectivity index (χ2n) is 4.73. The van der Waals surface area contributed by atoms with E-state index in [0.29, 0.717) is 0 Å². The van der Waals surface area contributed by atoms with Gasteiger partial charge >= 0.3 is 17.1 Å². The van der Waals surface area contributed by atoms with Crippen LogP contribution in [0, 0.1) is 0 Å². The highest BCUT2D eigenvalue weighted by Crippen LogP contribution is 2.18. The van der Waals surface area contributed by atoms with Crippen LogP contribution >= 0.6 is 0 Å². The van der Waals surface area contributed by atoms with Gasteiger partial charge in [-0.3, -0.25) is 18.4 Å². The molecule has 0 radical (unpaired) electrons. The highest BCUT2D eigenvalue weighted by Gasteiger charge is 2.19. The first-order chi connectivity index (χ1) is 9.82. The first-order valence-corrected chi connectivity index (χ1v) is 7.86. The van der Waals surface area contributed by atoms with Gasteiger partial charge in [-0.25, -0.2) is 4.79 Å². The van der Waals surface area contributed by atoms with Crippen LogP contribution < -0.4 is 11.1 Å². The molecule has 1 heterocycles. The van der Waals surface area contributed by atoms with E-state index in [2.05, 4.69) is 4.98 Å². The summed E-state index contributed by atoms with van der Waals surface area (Å²) in [5.41, 5.74) is -1.39. The Morgan fingerprint density at radius 3 is 2.67 bits per heavy atom. The van der Waals surface area contributed by atoms with E-state index in [1.54, 1.807) is 6.92 Å². The lowest BCUT2D eigenvalue weighted by Crippen LogP contribution is -2.39. The molecule has 1 aromatic heterocycles. The molecule has 112 valence electrons. The highest BCUT2D eigenvalue weighted by molar-refractivity contribution is 7.84. The smallest absolute Gasteiger partial charge is 0.337 e. The fraction of sp³-hybridized carbons (Fsp3) is 0.308. The average Bonchev–Trinajstić information content (AvgIpc) is 2.38. The molecule has 0 saturated carbocycles. The second kappa shape index (κ2) is 5.65. The number of carbonyl (C=O) groups is 1. The number of aromatic nitrogens is 2. The zero-order chi connectivity index (χ0) is 15.7. The lowest BCUT2D eigenvalue weighted by Gasteiger charge is -2.17. The van der Waals surface area contributed by atoms with Crippen molar-refractivity contribution < 1.29 is 14.1 Å². The number of benzene rings is 1. The molecule has 0 bridgehead atoms. The van der Waals surface area contributed by atoms with Crippen molar-refractivity contribution in [1.29, 1.82) is 0 Å². The fourth-order valence-electron chi connectivity index (χ4n) is 2.30. The largest absolute Gasteiger partial charge is 0.478 e. The summed E-state index contributed by atoms with van der Waals surface area (Å²) in [5, 5.41) is 9.26. The van der Waals surface area contributed by atoms with Crippen LogP contribution in [-0.4, -0.2) is 36.8 Å². The predicted molar refractivity (Wildman–Crippen MR) is 79.4 cm³/mol. The minimum absolute atomic E-state index is 0.0883. The van der Waals surface area contributed by atoms with E-state index >= 15 is 0 Å². The van der Waals surface area contributed by atoms with Gasteiger partial charge in [-0.2, -0.15) is 0 Å². The SMILES string of the molecule is CC(CS(C)=O)n1c(=O)c(=O)[nH]c2cccc(C(=O)O)c21. The van der Waals surface area contributed by atoms with E-state index in [4.69, 9.17) is 0 Å². The Labute approximate surface area is 121 Å². The zero-order valence-electron chi connectivity index (χ0n) is 11.5. The Kier molecular flexibility index (Phi) is 4.08. The normalized spacial score (nSPS) is 14.0. The highest BCUT2D eigenvalue weighted by atomic mass is 32.2. The van der Waals surface area contributed by atoms with E-state index in [1.165, 1.54) is 24.5 Å². The number of fused-ring (bicyclic) bond motifs is 1. The van der Waals surface area contributed by atoms with Crippen LogP contribution in [0.1, 0.15) is 23.3 Å². The van der Waals surface area contributed by atoms with Gasteiger partial charge in [-0.1, -0.05) is 6.07 Å². The Morgan fingerprint density at radius 1 is 1.43 bits per heavy atom. The molecular weight excluding hydrogens is 296 g/mol. The molecule has 0 fully saturated rings. The van der Waals surface area contributed by atoms with Crippen LogP contribution in [0.2, 0.25) is 0 Å². The van der Waals surface area contributed by atoms with Crippen molar-refractivity contribution in [3.05, 3.63) is 44.5 Å². The van der Waals surface area contributed by atoms with Gasteiger partial charge in [0.15, 0.2) is 0 Å². The summed E-state index contributed by atoms with van der Waals surface area (Å²) in [6.45, 7) is 1.63. The van der Waals surface area contributed by atoms with Crippen molar-refractivity contribution in [2.24, 2.45) is 0 Å². The maximum atomic E-state index is 12.1. The third-order valence-corrected chi connectivity index (χ3v) is 4.04. The van der Waals surface area contributed by atoms with Crippen molar-refractivity contribution in [3.8, 4) is 0 Å². The molecule has 0 aliphatic rings. The number of nitrogens with zero attached hydrogens (tertiary/aromatic N) is 1. The van der Waals surface area contributed by atoms with Crippen molar-refractivity contribution in [1.82, 2.24) is 9.55 Å². The number of para-hydroxylation sites is 1. The third kappa shape index (κ3) is 2.80. The maximum absolute atomic E-state index is 12.1. The number of rotatable bonds is 4. The second-order valence-corrected chi connectivity index (χ2v) is 6.20. The van der Waals surface area contributed by atoms with Crippen LogP contribution in [0.15, 0.2) is 27.8 Å². The first kappa shape index (κ1) is 15.2. The van der Waals surface area contributed by atoms with Crippen molar-refractivity contribution in [2.45, 2.75) is 13.0 Å². The quantitative estimate of drug-likeness (QED) is 0.791. The Balaban J connectivity index is 2.92. The molecule has 0 saturated heterocycles. The van der Waals surface area contributed by atoms with Crippen LogP contribution in [0.3, 0.4) is 0 Å². The number of hydrogen-bond donors (Lipinski definition) is 2. The van der Waals surface area contributed by atoms with Crippen LogP contribution in [0.25, 0.3) is 11.0 Å². The molecule has 2 rings (SSSR count). The molecule has 1 aromatic carbocycles. The number of aromatic carboxylic acids is 1. The van der Waals surface area contributed by atoms with Crippen LogP contribution in [-0.2, 0) is 10.8 Å². The molecule has 2 unspecified atom stereocenters. The van der Waals surface area contributed by atoms with Gasteiger partial charge in [-0.05, 0) is 19.1 Å². The minimum Gasteiger partial charge on any atom is -0.478 e. The molecule has 2 atom stereocenters. The standard InChI is InChI=1S/C13H14N2O5S/c1-7(6-21(2)20)15-10-8(13(18)19)4-3-5-9(10)14-11(16)12(15)17/h3-5,7H,6H2,1-2H3,(H,14,16)(H,18,19). The lowest BCUT2D eigenvalue weighted by molar-refractivity contribution is 0.0698. The molecule has 8 heteroatoms. The van der Waals surface area contributed by atoms with Gasteiger partial charge in [0.2, 0.25) is 0 Å². The van der Waals surface area contributed by atoms with Crippen LogP contribution in [0.4, 0.5) is 0 Å². The summed E-state index contributed by atoms with van der Waals surface area (Å²) in [6, 6.07) is 3.80. The Morgan fingerprint density at radius 2 is 2.10 bits per heavy atom. The average molecular weight is 310 g/mol. The molecule has 21 heavy (non-hydrogen) atoms. The Hall–Kier alpha value is -2.22. The van der Waals surface area contributed by atoms with Gasteiger partial charge in [0.1, 0.15) is 0 Å². The summed E-state index contributed by atoms with van der Waals surface area (Å²) >= 11 is 0. The maximum Gasteiger partial charge on any atom is 0.337 e. The van der Waals surface area contributed by atoms with Gasteiger partial charge in [0, 0.05) is 28.9 Å². The fourth-order valence-corrected chi connectivity index (χ4v) is 3.13. The zero-order valence-corrected chi connectivity index (χ0v) is 12.3. The predicted octanol–water partition coefficient (Wildman–Crippen LogP) is 0.327. The van der Waals surface area contributed by atoms with Gasteiger partial charge in [0.05, 0.1) is 16.6 Å². The number of aromatic amines is 1. The minimum atomic E-state index is -1.20. The Bertz CT molecular complexity index is 852. The number of H-pyrrole nitrogens is 1. The van der Waals surface area contributed by atoms with E-state index in [-0.39, 0.29) is 22.3 Å². The van der Waals surface area contributed by atoms with E-state index in [1.807, 2.05) is 0 Å². The summed E-state index contributed by atoms with van der Waals surface area (Å²) in [4.78, 5) is 37.5. The van der Waals surface area contributed by atoms with Gasteiger partial charge < -0.3 is 10.1 Å². The first-order valence-electron chi connectivity index (χ1n) is 6.13. The molecule has 0 aliphatic carbocycles. The number of hydrogen-bond acceptors (Lipinski definition) is 4. The van der Waals surface area contributed by atoms with Crippen molar-refractivity contribution >= 4 is 27.8 Å². The summed E-state index contributed by atoms with van der Waals surface area (Å²) < 4.78 is 12.5. The molecular formula is C13H14N2O5S. The molecule has 7 nitrogen and oxygen atoms in total. The molecule has 0 aliphatic heterocycles.